The summed E-state index contributed by atoms with van der Waals surface area (Å²) in [6.45, 7) is 2.33. The molecule has 2 saturated heterocycles. The third kappa shape index (κ3) is 2.48. The Morgan fingerprint density at radius 2 is 2.11 bits per heavy atom. The fourth-order valence-electron chi connectivity index (χ4n) is 4.10. The molecule has 3 fully saturated rings. The molecule has 0 aromatic rings. The first-order chi connectivity index (χ1) is 9.15. The number of fused-ring (bicyclic) bond motifs is 1. The van der Waals surface area contributed by atoms with Gasteiger partial charge in [-0.1, -0.05) is 6.42 Å². The zero-order valence-corrected chi connectivity index (χ0v) is 11.2. The largest absolute Gasteiger partial charge is 0.481 e. The average Bonchev–Trinajstić information content (AvgIpc) is 3.01. The van der Waals surface area contributed by atoms with Gasteiger partial charge in [0.15, 0.2) is 0 Å². The van der Waals surface area contributed by atoms with Crippen molar-refractivity contribution in [2.45, 2.75) is 38.1 Å². The molecular weight excluding hydrogens is 244 g/mol. The maximum Gasteiger partial charge on any atom is 0.303 e. The molecule has 19 heavy (non-hydrogen) atoms. The molecule has 2 aliphatic heterocycles. The number of carboxylic acid groups (broad SMARTS) is 1. The highest BCUT2D eigenvalue weighted by Gasteiger charge is 2.44. The number of amides is 1. The van der Waals surface area contributed by atoms with E-state index in [0.717, 1.165) is 19.5 Å². The lowest BCUT2D eigenvalue weighted by molar-refractivity contribution is -0.138. The number of carbonyl (C=O) groups excluding carboxylic acids is 1. The Labute approximate surface area is 113 Å². The van der Waals surface area contributed by atoms with Crippen LogP contribution < -0.4 is 5.32 Å². The summed E-state index contributed by atoms with van der Waals surface area (Å²) in [5.41, 5.74) is 0. The molecule has 2 N–H and O–H groups in total. The van der Waals surface area contributed by atoms with Gasteiger partial charge in [-0.3, -0.25) is 9.59 Å². The van der Waals surface area contributed by atoms with Crippen molar-refractivity contribution >= 4 is 11.9 Å². The number of nitrogens with one attached hydrogen (secondary N) is 1. The molecule has 0 aromatic heterocycles. The average molecular weight is 266 g/mol. The molecule has 106 valence electrons. The molecule has 0 bridgehead atoms. The van der Waals surface area contributed by atoms with E-state index in [1.54, 1.807) is 0 Å². The lowest BCUT2D eigenvalue weighted by Gasteiger charge is -2.24. The number of carboxylic acids is 1. The van der Waals surface area contributed by atoms with Gasteiger partial charge < -0.3 is 15.3 Å². The summed E-state index contributed by atoms with van der Waals surface area (Å²) in [5, 5.41) is 12.2. The van der Waals surface area contributed by atoms with Gasteiger partial charge in [0.2, 0.25) is 5.91 Å². The fraction of sp³-hybridized carbons (Fsp3) is 0.857. The van der Waals surface area contributed by atoms with Crippen LogP contribution in [0.3, 0.4) is 0 Å². The van der Waals surface area contributed by atoms with Crippen LogP contribution in [0, 0.1) is 17.8 Å². The summed E-state index contributed by atoms with van der Waals surface area (Å²) in [6, 6.07) is -0.00363. The van der Waals surface area contributed by atoms with Gasteiger partial charge in [-0.05, 0) is 43.6 Å². The highest BCUT2D eigenvalue weighted by molar-refractivity contribution is 5.83. The van der Waals surface area contributed by atoms with Crippen LogP contribution in [0.25, 0.3) is 0 Å². The first-order valence-electron chi connectivity index (χ1n) is 7.39. The summed E-state index contributed by atoms with van der Waals surface area (Å²) >= 11 is 0. The molecular formula is C14H22N2O3. The molecule has 1 amide bonds. The monoisotopic (exact) mass is 266 g/mol. The first-order valence-corrected chi connectivity index (χ1v) is 7.39. The molecule has 5 nitrogen and oxygen atoms in total. The number of hydrogen-bond donors (Lipinski definition) is 2. The molecule has 0 spiro atoms. The van der Waals surface area contributed by atoms with Crippen LogP contribution >= 0.6 is 0 Å². The SMILES string of the molecule is O=C(O)CC1CCN(C(=O)C2NCC3CCCC32)C1. The van der Waals surface area contributed by atoms with E-state index in [9.17, 15) is 9.59 Å². The lowest BCUT2D eigenvalue weighted by atomic mass is 9.93. The van der Waals surface area contributed by atoms with Crippen LogP contribution in [-0.2, 0) is 9.59 Å². The van der Waals surface area contributed by atoms with Gasteiger partial charge in [-0.15, -0.1) is 0 Å². The minimum Gasteiger partial charge on any atom is -0.481 e. The van der Waals surface area contributed by atoms with Crippen molar-refractivity contribution < 1.29 is 14.7 Å². The van der Waals surface area contributed by atoms with Crippen molar-refractivity contribution in [1.82, 2.24) is 10.2 Å². The predicted octanol–water partition coefficient (Wildman–Crippen LogP) is 0.698. The Morgan fingerprint density at radius 1 is 1.26 bits per heavy atom. The number of hydrogen-bond acceptors (Lipinski definition) is 3. The molecule has 1 aliphatic carbocycles. The van der Waals surface area contributed by atoms with Crippen LogP contribution in [0.5, 0.6) is 0 Å². The second-order valence-corrected chi connectivity index (χ2v) is 6.28. The highest BCUT2D eigenvalue weighted by Crippen LogP contribution is 2.38. The van der Waals surface area contributed by atoms with E-state index in [1.807, 2.05) is 4.90 Å². The second kappa shape index (κ2) is 5.12. The molecule has 0 aromatic carbocycles. The Hall–Kier alpha value is -1.10. The van der Waals surface area contributed by atoms with E-state index in [2.05, 4.69) is 5.32 Å². The zero-order valence-electron chi connectivity index (χ0n) is 11.2. The van der Waals surface area contributed by atoms with Gasteiger partial charge in [0.25, 0.3) is 0 Å². The van der Waals surface area contributed by atoms with Gasteiger partial charge in [-0.2, -0.15) is 0 Å². The van der Waals surface area contributed by atoms with Crippen molar-refractivity contribution in [3.05, 3.63) is 0 Å². The molecule has 5 heteroatoms. The van der Waals surface area contributed by atoms with E-state index in [-0.39, 0.29) is 24.3 Å². The Morgan fingerprint density at radius 3 is 2.89 bits per heavy atom. The third-order valence-electron chi connectivity index (χ3n) is 5.07. The third-order valence-corrected chi connectivity index (χ3v) is 5.07. The van der Waals surface area contributed by atoms with Gasteiger partial charge in [0.1, 0.15) is 0 Å². The molecule has 3 rings (SSSR count). The van der Waals surface area contributed by atoms with Crippen molar-refractivity contribution in [2.24, 2.45) is 17.8 Å². The summed E-state index contributed by atoms with van der Waals surface area (Å²) in [5.74, 6) is 0.802. The Kier molecular flexibility index (Phi) is 3.48. The number of rotatable bonds is 3. The Bertz CT molecular complexity index is 385. The van der Waals surface area contributed by atoms with Gasteiger partial charge in [-0.25, -0.2) is 0 Å². The second-order valence-electron chi connectivity index (χ2n) is 6.28. The molecule has 3 aliphatic rings. The van der Waals surface area contributed by atoms with Crippen LogP contribution in [0.2, 0.25) is 0 Å². The van der Waals surface area contributed by atoms with Crippen molar-refractivity contribution in [3.63, 3.8) is 0 Å². The summed E-state index contributed by atoms with van der Waals surface area (Å²) in [6.07, 6.45) is 4.69. The van der Waals surface area contributed by atoms with Crippen LogP contribution in [-0.4, -0.2) is 47.6 Å². The predicted molar refractivity (Wildman–Crippen MR) is 69.6 cm³/mol. The van der Waals surface area contributed by atoms with E-state index >= 15 is 0 Å². The Balaban J connectivity index is 1.58. The topological polar surface area (TPSA) is 69.6 Å². The molecule has 4 unspecified atom stereocenters. The van der Waals surface area contributed by atoms with Gasteiger partial charge >= 0.3 is 5.97 Å². The van der Waals surface area contributed by atoms with E-state index in [1.165, 1.54) is 19.3 Å². The van der Waals surface area contributed by atoms with E-state index in [0.29, 0.717) is 18.4 Å². The van der Waals surface area contributed by atoms with E-state index < -0.39 is 5.97 Å². The molecule has 0 radical (unpaired) electrons. The summed E-state index contributed by atoms with van der Waals surface area (Å²) in [7, 11) is 0. The highest BCUT2D eigenvalue weighted by atomic mass is 16.4. The lowest BCUT2D eigenvalue weighted by Crippen LogP contribution is -2.45. The number of carbonyl (C=O) groups is 2. The number of aliphatic carboxylic acids is 1. The zero-order chi connectivity index (χ0) is 13.4. The van der Waals surface area contributed by atoms with Crippen LogP contribution in [0.1, 0.15) is 32.1 Å². The standard InChI is InChI=1S/C14H22N2O3/c17-12(18)6-9-4-5-16(8-9)14(19)13-11-3-1-2-10(11)7-15-13/h9-11,13,15H,1-8H2,(H,17,18). The maximum atomic E-state index is 12.5. The first kappa shape index (κ1) is 12.9. The van der Waals surface area contributed by atoms with Crippen LogP contribution in [0.15, 0.2) is 0 Å². The van der Waals surface area contributed by atoms with Crippen molar-refractivity contribution in [1.29, 1.82) is 0 Å². The van der Waals surface area contributed by atoms with Crippen LogP contribution in [0.4, 0.5) is 0 Å². The minimum atomic E-state index is -0.755. The number of nitrogens with zero attached hydrogens (tertiary/aromatic N) is 1. The summed E-state index contributed by atoms with van der Waals surface area (Å²) < 4.78 is 0. The fourth-order valence-corrected chi connectivity index (χ4v) is 4.10. The minimum absolute atomic E-state index is 0.00363. The normalized spacial score (nSPS) is 37.6. The molecule has 1 saturated carbocycles. The van der Waals surface area contributed by atoms with Gasteiger partial charge in [0, 0.05) is 19.5 Å². The van der Waals surface area contributed by atoms with E-state index in [4.69, 9.17) is 5.11 Å². The molecule has 4 atom stereocenters. The maximum absolute atomic E-state index is 12.5. The van der Waals surface area contributed by atoms with Crippen molar-refractivity contribution in [3.8, 4) is 0 Å². The summed E-state index contributed by atoms with van der Waals surface area (Å²) in [4.78, 5) is 25.1. The molecule has 2 heterocycles. The quantitative estimate of drug-likeness (QED) is 0.789. The van der Waals surface area contributed by atoms with Crippen molar-refractivity contribution in [2.75, 3.05) is 19.6 Å². The smallest absolute Gasteiger partial charge is 0.303 e. The van der Waals surface area contributed by atoms with Gasteiger partial charge in [0.05, 0.1) is 6.04 Å². The number of likely N-dealkylation sites (tertiary alicyclic amines) is 1.